The fraction of sp³-hybridized carbons (Fsp3) is 0.381. The molecule has 5 heteroatoms. The molecule has 0 aliphatic carbocycles. The standard InChI is InChI=1S/C21H25N3O2/c1-16-4-2-5-18(12-16)13-20(25)23-14-17-7-10-24(11-8-17)21(26)19-6-3-9-22-15-19/h2-6,9,12,15,17H,7-8,10-11,13-14H2,1H3,(H,23,25). The van der Waals surface area contributed by atoms with Crippen LogP contribution in [0.4, 0.5) is 0 Å². The molecule has 0 radical (unpaired) electrons. The smallest absolute Gasteiger partial charge is 0.255 e. The van der Waals surface area contributed by atoms with Crippen LogP contribution < -0.4 is 5.32 Å². The summed E-state index contributed by atoms with van der Waals surface area (Å²) in [7, 11) is 0. The Bertz CT molecular complexity index is 753. The summed E-state index contributed by atoms with van der Waals surface area (Å²) in [6.07, 6.45) is 5.52. The minimum absolute atomic E-state index is 0.0417. The number of hydrogen-bond acceptors (Lipinski definition) is 3. The van der Waals surface area contributed by atoms with Gasteiger partial charge in [-0.3, -0.25) is 14.6 Å². The molecule has 2 amide bonds. The average molecular weight is 351 g/mol. The molecule has 1 aliphatic heterocycles. The second-order valence-corrected chi connectivity index (χ2v) is 6.95. The van der Waals surface area contributed by atoms with Gasteiger partial charge in [-0.05, 0) is 43.4 Å². The summed E-state index contributed by atoms with van der Waals surface area (Å²) in [6.45, 7) is 4.17. The van der Waals surface area contributed by atoms with Crippen LogP contribution in [0, 0.1) is 12.8 Å². The van der Waals surface area contributed by atoms with E-state index in [1.165, 1.54) is 5.56 Å². The Hall–Kier alpha value is -2.69. The maximum atomic E-state index is 12.4. The van der Waals surface area contributed by atoms with E-state index in [0.29, 0.717) is 24.4 Å². The molecule has 2 heterocycles. The summed E-state index contributed by atoms with van der Waals surface area (Å²) in [5.41, 5.74) is 2.85. The molecule has 2 aromatic rings. The van der Waals surface area contributed by atoms with E-state index in [9.17, 15) is 9.59 Å². The van der Waals surface area contributed by atoms with Crippen molar-refractivity contribution in [2.24, 2.45) is 5.92 Å². The number of piperidine rings is 1. The van der Waals surface area contributed by atoms with Crippen molar-refractivity contribution in [2.75, 3.05) is 19.6 Å². The lowest BCUT2D eigenvalue weighted by Crippen LogP contribution is -2.41. The minimum Gasteiger partial charge on any atom is -0.356 e. The number of pyridine rings is 1. The molecule has 0 bridgehead atoms. The Labute approximate surface area is 154 Å². The zero-order chi connectivity index (χ0) is 18.4. The van der Waals surface area contributed by atoms with Crippen molar-refractivity contribution in [3.63, 3.8) is 0 Å². The number of aryl methyl sites for hydroxylation is 1. The zero-order valence-corrected chi connectivity index (χ0v) is 15.1. The maximum absolute atomic E-state index is 12.4. The van der Waals surface area contributed by atoms with Gasteiger partial charge < -0.3 is 10.2 Å². The highest BCUT2D eigenvalue weighted by Gasteiger charge is 2.24. The highest BCUT2D eigenvalue weighted by Crippen LogP contribution is 2.18. The quantitative estimate of drug-likeness (QED) is 0.901. The van der Waals surface area contributed by atoms with E-state index in [1.807, 2.05) is 36.1 Å². The van der Waals surface area contributed by atoms with Crippen LogP contribution in [0.2, 0.25) is 0 Å². The predicted molar refractivity (Wildman–Crippen MR) is 101 cm³/mol. The second kappa shape index (κ2) is 8.61. The van der Waals surface area contributed by atoms with Crippen LogP contribution in [0.5, 0.6) is 0 Å². The van der Waals surface area contributed by atoms with E-state index in [-0.39, 0.29) is 11.8 Å². The number of carbonyl (C=O) groups excluding carboxylic acids is 2. The van der Waals surface area contributed by atoms with Crippen LogP contribution in [0.25, 0.3) is 0 Å². The van der Waals surface area contributed by atoms with Crippen molar-refractivity contribution >= 4 is 11.8 Å². The Balaban J connectivity index is 1.41. The van der Waals surface area contributed by atoms with Crippen LogP contribution in [0.1, 0.15) is 34.3 Å². The molecular weight excluding hydrogens is 326 g/mol. The van der Waals surface area contributed by atoms with Crippen LogP contribution in [-0.2, 0) is 11.2 Å². The molecule has 1 aromatic carbocycles. The number of aromatic nitrogens is 1. The number of nitrogens with zero attached hydrogens (tertiary/aromatic N) is 2. The van der Waals surface area contributed by atoms with Gasteiger partial charge in [-0.1, -0.05) is 29.8 Å². The van der Waals surface area contributed by atoms with Gasteiger partial charge in [0.15, 0.2) is 0 Å². The van der Waals surface area contributed by atoms with Crippen molar-refractivity contribution in [1.82, 2.24) is 15.2 Å². The van der Waals surface area contributed by atoms with Gasteiger partial charge in [0.1, 0.15) is 0 Å². The summed E-state index contributed by atoms with van der Waals surface area (Å²) in [5.74, 6) is 0.527. The van der Waals surface area contributed by atoms with E-state index in [1.54, 1.807) is 24.5 Å². The predicted octanol–water partition coefficient (Wildman–Crippen LogP) is 2.60. The number of likely N-dealkylation sites (tertiary alicyclic amines) is 1. The number of benzene rings is 1. The second-order valence-electron chi connectivity index (χ2n) is 6.95. The first-order chi connectivity index (χ1) is 12.6. The molecule has 0 saturated carbocycles. The van der Waals surface area contributed by atoms with E-state index in [2.05, 4.69) is 10.3 Å². The molecule has 1 aromatic heterocycles. The van der Waals surface area contributed by atoms with Crippen molar-refractivity contribution in [1.29, 1.82) is 0 Å². The number of amides is 2. The van der Waals surface area contributed by atoms with Gasteiger partial charge in [0.25, 0.3) is 5.91 Å². The van der Waals surface area contributed by atoms with Crippen molar-refractivity contribution < 1.29 is 9.59 Å². The number of rotatable bonds is 5. The first-order valence-corrected chi connectivity index (χ1v) is 9.13. The van der Waals surface area contributed by atoms with E-state index < -0.39 is 0 Å². The molecule has 0 unspecified atom stereocenters. The average Bonchev–Trinajstić information content (AvgIpc) is 2.67. The van der Waals surface area contributed by atoms with Gasteiger partial charge in [0.2, 0.25) is 5.91 Å². The van der Waals surface area contributed by atoms with Crippen LogP contribution >= 0.6 is 0 Å². The third-order valence-corrected chi connectivity index (χ3v) is 4.85. The molecule has 1 fully saturated rings. The first kappa shape index (κ1) is 18.1. The van der Waals surface area contributed by atoms with Gasteiger partial charge in [0, 0.05) is 32.0 Å². The van der Waals surface area contributed by atoms with Crippen LogP contribution in [-0.4, -0.2) is 41.3 Å². The zero-order valence-electron chi connectivity index (χ0n) is 15.1. The van der Waals surface area contributed by atoms with Crippen molar-refractivity contribution in [3.8, 4) is 0 Å². The highest BCUT2D eigenvalue weighted by atomic mass is 16.2. The van der Waals surface area contributed by atoms with Gasteiger partial charge in [-0.25, -0.2) is 0 Å². The summed E-state index contributed by atoms with van der Waals surface area (Å²) < 4.78 is 0. The summed E-state index contributed by atoms with van der Waals surface area (Å²) in [5, 5.41) is 3.04. The van der Waals surface area contributed by atoms with E-state index in [4.69, 9.17) is 0 Å². The molecule has 0 atom stereocenters. The SMILES string of the molecule is Cc1cccc(CC(=O)NCC2CCN(C(=O)c3cccnc3)CC2)c1. The Morgan fingerprint density at radius 3 is 2.69 bits per heavy atom. The maximum Gasteiger partial charge on any atom is 0.255 e. The Kier molecular flexibility index (Phi) is 6.00. The molecule has 1 aliphatic rings. The van der Waals surface area contributed by atoms with Crippen LogP contribution in [0.3, 0.4) is 0 Å². The molecule has 136 valence electrons. The molecule has 0 spiro atoms. The van der Waals surface area contributed by atoms with E-state index in [0.717, 1.165) is 31.5 Å². The molecule has 3 rings (SSSR count). The largest absolute Gasteiger partial charge is 0.356 e. The Morgan fingerprint density at radius 2 is 2.00 bits per heavy atom. The highest BCUT2D eigenvalue weighted by molar-refractivity contribution is 5.93. The van der Waals surface area contributed by atoms with Gasteiger partial charge in [-0.15, -0.1) is 0 Å². The number of carbonyl (C=O) groups is 2. The molecule has 5 nitrogen and oxygen atoms in total. The third-order valence-electron chi connectivity index (χ3n) is 4.85. The lowest BCUT2D eigenvalue weighted by atomic mass is 9.96. The number of hydrogen-bond donors (Lipinski definition) is 1. The third kappa shape index (κ3) is 4.91. The minimum atomic E-state index is 0.0417. The van der Waals surface area contributed by atoms with Crippen molar-refractivity contribution in [3.05, 3.63) is 65.5 Å². The lowest BCUT2D eigenvalue weighted by molar-refractivity contribution is -0.120. The monoisotopic (exact) mass is 351 g/mol. The lowest BCUT2D eigenvalue weighted by Gasteiger charge is -2.32. The molecule has 1 N–H and O–H groups in total. The van der Waals surface area contributed by atoms with Gasteiger partial charge in [-0.2, -0.15) is 0 Å². The summed E-state index contributed by atoms with van der Waals surface area (Å²) in [4.78, 5) is 30.4. The van der Waals surface area contributed by atoms with Gasteiger partial charge in [0.05, 0.1) is 12.0 Å². The normalized spacial score (nSPS) is 14.9. The van der Waals surface area contributed by atoms with E-state index >= 15 is 0 Å². The van der Waals surface area contributed by atoms with Crippen LogP contribution in [0.15, 0.2) is 48.8 Å². The first-order valence-electron chi connectivity index (χ1n) is 9.13. The number of nitrogens with one attached hydrogen (secondary N) is 1. The fourth-order valence-corrected chi connectivity index (χ4v) is 3.34. The molecular formula is C21H25N3O2. The van der Waals surface area contributed by atoms with Crippen molar-refractivity contribution in [2.45, 2.75) is 26.2 Å². The Morgan fingerprint density at radius 1 is 1.19 bits per heavy atom. The van der Waals surface area contributed by atoms with Gasteiger partial charge >= 0.3 is 0 Å². The topological polar surface area (TPSA) is 62.3 Å². The summed E-state index contributed by atoms with van der Waals surface area (Å²) in [6, 6.07) is 11.6. The molecule has 26 heavy (non-hydrogen) atoms. The molecule has 1 saturated heterocycles. The fourth-order valence-electron chi connectivity index (χ4n) is 3.34. The summed E-state index contributed by atoms with van der Waals surface area (Å²) >= 11 is 0.